The number of carbonyl (C=O) groups is 1. The molecule has 2 aromatic rings. The quantitative estimate of drug-likeness (QED) is 0.361. The van der Waals surface area contributed by atoms with Gasteiger partial charge in [0.15, 0.2) is 0 Å². The zero-order valence-corrected chi connectivity index (χ0v) is 22.3. The van der Waals surface area contributed by atoms with Gasteiger partial charge in [0.2, 0.25) is 5.91 Å². The minimum absolute atomic E-state index is 0.0587. The van der Waals surface area contributed by atoms with E-state index in [0.29, 0.717) is 18.6 Å². The number of amides is 1. The number of benzene rings is 1. The number of hydrogen-bond acceptors (Lipinski definition) is 7. The first-order valence-electron chi connectivity index (χ1n) is 12.8. The standard InChI is InChI=1S/C29H37N5O2S/c1-21-16-27(31)25(19-28(21)32-29(36)18-24-6-3-15-37-24)26(30)8-7-22-4-2-5-23(17-22)20-34-11-9-33(10-12-34)13-14-35/h2-8,15,17,19,27,30,35H,9-14,16,18,20,31H2,1H3,(H,32,36)/b8-7+,30-26?. The number of nitrogens with zero attached hydrogens (tertiary/aromatic N) is 2. The largest absolute Gasteiger partial charge is 0.395 e. The lowest BCUT2D eigenvalue weighted by Crippen LogP contribution is -2.46. The zero-order chi connectivity index (χ0) is 26.2. The van der Waals surface area contributed by atoms with Crippen LogP contribution in [-0.4, -0.2) is 71.9 Å². The molecule has 0 saturated carbocycles. The Balaban J connectivity index is 1.37. The number of allylic oxidation sites excluding steroid dienone is 2. The van der Waals surface area contributed by atoms with Crippen LogP contribution in [0.25, 0.3) is 6.08 Å². The molecule has 37 heavy (non-hydrogen) atoms. The summed E-state index contributed by atoms with van der Waals surface area (Å²) in [5.74, 6) is -0.0587. The third kappa shape index (κ3) is 7.80. The molecule has 5 N–H and O–H groups in total. The number of nitrogens with one attached hydrogen (secondary N) is 2. The van der Waals surface area contributed by atoms with Crippen LogP contribution in [0.4, 0.5) is 0 Å². The lowest BCUT2D eigenvalue weighted by atomic mass is 9.89. The fourth-order valence-corrected chi connectivity index (χ4v) is 5.47. The van der Waals surface area contributed by atoms with Crippen molar-refractivity contribution in [3.8, 4) is 0 Å². The van der Waals surface area contributed by atoms with Gasteiger partial charge in [-0.2, -0.15) is 0 Å². The van der Waals surface area contributed by atoms with Crippen LogP contribution in [0.5, 0.6) is 0 Å². The molecule has 4 rings (SSSR count). The Morgan fingerprint density at radius 1 is 1.22 bits per heavy atom. The number of β-amino-alcohol motifs (C(OH)–C–C–N with tert-alkyl or cyclic N) is 1. The number of aliphatic hydroxyl groups excluding tert-OH is 1. The van der Waals surface area contributed by atoms with Gasteiger partial charge in [0.25, 0.3) is 0 Å². The van der Waals surface area contributed by atoms with Gasteiger partial charge in [-0.15, -0.1) is 11.3 Å². The number of carbonyl (C=O) groups excluding carboxylic acids is 1. The molecule has 1 aliphatic heterocycles. The Kier molecular flexibility index (Phi) is 9.60. The summed E-state index contributed by atoms with van der Waals surface area (Å²) in [5.41, 5.74) is 11.5. The first-order chi connectivity index (χ1) is 17.9. The molecule has 2 aliphatic rings. The molecule has 1 unspecified atom stereocenters. The fraction of sp³-hybridized carbons (Fsp3) is 0.379. The van der Waals surface area contributed by atoms with Gasteiger partial charge in [-0.3, -0.25) is 14.6 Å². The monoisotopic (exact) mass is 519 g/mol. The lowest BCUT2D eigenvalue weighted by Gasteiger charge is -2.34. The highest BCUT2D eigenvalue weighted by Crippen LogP contribution is 2.23. The van der Waals surface area contributed by atoms with E-state index in [0.717, 1.165) is 66.6 Å². The van der Waals surface area contributed by atoms with Crippen LogP contribution in [0.3, 0.4) is 0 Å². The minimum atomic E-state index is -0.272. The smallest absolute Gasteiger partial charge is 0.229 e. The van der Waals surface area contributed by atoms with Crippen LogP contribution in [0.1, 0.15) is 29.3 Å². The maximum atomic E-state index is 12.5. The average molecular weight is 520 g/mol. The van der Waals surface area contributed by atoms with Gasteiger partial charge in [0, 0.05) is 55.9 Å². The summed E-state index contributed by atoms with van der Waals surface area (Å²) in [7, 11) is 0. The van der Waals surface area contributed by atoms with E-state index >= 15 is 0 Å². The summed E-state index contributed by atoms with van der Waals surface area (Å²) in [6.07, 6.45) is 6.56. The Hall–Kier alpha value is -2.88. The van der Waals surface area contributed by atoms with Crippen molar-refractivity contribution in [3.63, 3.8) is 0 Å². The maximum absolute atomic E-state index is 12.5. The highest BCUT2D eigenvalue weighted by molar-refractivity contribution is 7.10. The summed E-state index contributed by atoms with van der Waals surface area (Å²) in [6, 6.07) is 12.0. The van der Waals surface area contributed by atoms with E-state index in [4.69, 9.17) is 16.2 Å². The normalized spacial score (nSPS) is 19.3. The number of rotatable bonds is 10. The SMILES string of the molecule is CC1=C(NC(=O)Cc2cccs2)C=C(C(=N)/C=C/c2cccc(CN3CCN(CCO)CC3)c2)C(N)C1. The summed E-state index contributed by atoms with van der Waals surface area (Å²) in [5, 5.41) is 22.8. The van der Waals surface area contributed by atoms with Gasteiger partial charge in [-0.25, -0.2) is 0 Å². The second-order valence-electron chi connectivity index (χ2n) is 9.74. The number of hydrogen-bond donors (Lipinski definition) is 4. The summed E-state index contributed by atoms with van der Waals surface area (Å²) < 4.78 is 0. The van der Waals surface area contributed by atoms with E-state index in [2.05, 4.69) is 33.3 Å². The summed E-state index contributed by atoms with van der Waals surface area (Å²) >= 11 is 1.57. The van der Waals surface area contributed by atoms with Crippen molar-refractivity contribution >= 4 is 29.0 Å². The molecule has 1 atom stereocenters. The Bertz CT molecular complexity index is 1180. The minimum Gasteiger partial charge on any atom is -0.395 e. The highest BCUT2D eigenvalue weighted by atomic mass is 32.1. The predicted octanol–water partition coefficient (Wildman–Crippen LogP) is 3.18. The maximum Gasteiger partial charge on any atom is 0.229 e. The van der Waals surface area contributed by atoms with Crippen molar-refractivity contribution in [2.45, 2.75) is 32.4 Å². The van der Waals surface area contributed by atoms with Crippen LogP contribution in [0.15, 0.2) is 70.8 Å². The molecule has 196 valence electrons. The lowest BCUT2D eigenvalue weighted by molar-refractivity contribution is -0.119. The van der Waals surface area contributed by atoms with Crippen LogP contribution >= 0.6 is 11.3 Å². The predicted molar refractivity (Wildman–Crippen MR) is 152 cm³/mol. The van der Waals surface area contributed by atoms with E-state index < -0.39 is 0 Å². The molecule has 1 fully saturated rings. The summed E-state index contributed by atoms with van der Waals surface area (Å²) in [6.45, 7) is 7.79. The van der Waals surface area contributed by atoms with E-state index in [9.17, 15) is 4.79 Å². The van der Waals surface area contributed by atoms with Crippen LogP contribution < -0.4 is 11.1 Å². The van der Waals surface area contributed by atoms with Crippen LogP contribution in [-0.2, 0) is 17.8 Å². The van der Waals surface area contributed by atoms with E-state index in [1.165, 1.54) is 5.56 Å². The van der Waals surface area contributed by atoms with Gasteiger partial charge < -0.3 is 21.6 Å². The molecule has 7 nitrogen and oxygen atoms in total. The van der Waals surface area contributed by atoms with Gasteiger partial charge >= 0.3 is 0 Å². The van der Waals surface area contributed by atoms with Crippen molar-refractivity contribution in [2.24, 2.45) is 5.73 Å². The van der Waals surface area contributed by atoms with Crippen molar-refractivity contribution < 1.29 is 9.90 Å². The van der Waals surface area contributed by atoms with Crippen molar-refractivity contribution in [3.05, 3.63) is 86.8 Å². The molecular weight excluding hydrogens is 482 g/mol. The van der Waals surface area contributed by atoms with Gasteiger partial charge in [0.1, 0.15) is 0 Å². The Labute approximate surface area is 223 Å². The molecule has 0 spiro atoms. The number of nitrogens with two attached hydrogens (primary N) is 1. The first kappa shape index (κ1) is 27.2. The first-order valence-corrected chi connectivity index (χ1v) is 13.7. The van der Waals surface area contributed by atoms with Gasteiger partial charge in [-0.1, -0.05) is 36.4 Å². The van der Waals surface area contributed by atoms with E-state index in [-0.39, 0.29) is 18.6 Å². The highest BCUT2D eigenvalue weighted by Gasteiger charge is 2.21. The molecule has 2 heterocycles. The molecule has 0 radical (unpaired) electrons. The molecular formula is C29H37N5O2S. The van der Waals surface area contributed by atoms with Crippen LogP contribution in [0, 0.1) is 5.41 Å². The van der Waals surface area contributed by atoms with Crippen molar-refractivity contribution in [1.82, 2.24) is 15.1 Å². The fourth-order valence-electron chi connectivity index (χ4n) is 4.76. The van der Waals surface area contributed by atoms with Crippen LogP contribution in [0.2, 0.25) is 0 Å². The van der Waals surface area contributed by atoms with Gasteiger partial charge in [-0.05, 0) is 59.2 Å². The summed E-state index contributed by atoms with van der Waals surface area (Å²) in [4.78, 5) is 18.3. The number of aliphatic hydroxyl groups is 1. The second kappa shape index (κ2) is 13.1. The van der Waals surface area contributed by atoms with E-state index in [1.54, 1.807) is 17.4 Å². The molecule has 1 aromatic carbocycles. The molecule has 1 saturated heterocycles. The Morgan fingerprint density at radius 3 is 2.73 bits per heavy atom. The third-order valence-corrected chi connectivity index (χ3v) is 7.74. The second-order valence-corrected chi connectivity index (χ2v) is 10.8. The average Bonchev–Trinajstić information content (AvgIpc) is 3.39. The number of thiophene rings is 1. The van der Waals surface area contributed by atoms with Crippen molar-refractivity contribution in [1.29, 1.82) is 5.41 Å². The van der Waals surface area contributed by atoms with Gasteiger partial charge in [0.05, 0.1) is 18.7 Å². The molecule has 0 bridgehead atoms. The topological polar surface area (TPSA) is 106 Å². The van der Waals surface area contributed by atoms with E-state index in [1.807, 2.05) is 42.7 Å². The zero-order valence-electron chi connectivity index (χ0n) is 21.5. The number of piperazine rings is 1. The van der Waals surface area contributed by atoms with Crippen molar-refractivity contribution in [2.75, 3.05) is 39.3 Å². The molecule has 1 amide bonds. The molecule has 8 heteroatoms. The Morgan fingerprint density at radius 2 is 2.00 bits per heavy atom. The molecule has 1 aliphatic carbocycles. The molecule has 1 aromatic heterocycles. The third-order valence-electron chi connectivity index (χ3n) is 6.87.